The lowest BCUT2D eigenvalue weighted by atomic mass is 10.2. The van der Waals surface area contributed by atoms with Crippen LogP contribution in [0.25, 0.3) is 0 Å². The topological polar surface area (TPSA) is 60.5 Å². The van der Waals surface area contributed by atoms with E-state index < -0.39 is 6.10 Å². The molecular formula is C17H19ClN2O3. The van der Waals surface area contributed by atoms with Crippen LogP contribution in [0.2, 0.25) is 5.02 Å². The van der Waals surface area contributed by atoms with E-state index in [1.807, 2.05) is 13.0 Å². The summed E-state index contributed by atoms with van der Waals surface area (Å²) in [7, 11) is 1.55. The zero-order valence-corrected chi connectivity index (χ0v) is 14.1. The monoisotopic (exact) mass is 334 g/mol. The number of carbonyl (C=O) groups excluding carboxylic acids is 1. The van der Waals surface area contributed by atoms with Gasteiger partial charge in [-0.25, -0.2) is 4.98 Å². The van der Waals surface area contributed by atoms with Gasteiger partial charge in [0.1, 0.15) is 5.75 Å². The number of aryl methyl sites for hydroxylation is 1. The minimum atomic E-state index is -0.612. The Balaban J connectivity index is 1.90. The third-order valence-corrected chi connectivity index (χ3v) is 3.71. The highest BCUT2D eigenvalue weighted by Gasteiger charge is 2.14. The average Bonchev–Trinajstić information content (AvgIpc) is 2.56. The van der Waals surface area contributed by atoms with E-state index in [2.05, 4.69) is 10.3 Å². The van der Waals surface area contributed by atoms with Crippen LogP contribution in [-0.4, -0.2) is 24.1 Å². The summed E-state index contributed by atoms with van der Waals surface area (Å²) in [6.07, 6.45) is 1.02. The molecule has 23 heavy (non-hydrogen) atoms. The van der Waals surface area contributed by atoms with Crippen molar-refractivity contribution in [1.29, 1.82) is 0 Å². The first-order valence-electron chi connectivity index (χ1n) is 7.19. The predicted molar refractivity (Wildman–Crippen MR) is 88.9 cm³/mol. The fraction of sp³-hybridized carbons (Fsp3) is 0.294. The molecule has 1 aromatic heterocycles. The first-order chi connectivity index (χ1) is 11.0. The van der Waals surface area contributed by atoms with Crippen molar-refractivity contribution in [3.8, 4) is 11.6 Å². The molecule has 0 aliphatic carbocycles. The van der Waals surface area contributed by atoms with E-state index in [0.29, 0.717) is 23.2 Å². The summed E-state index contributed by atoms with van der Waals surface area (Å²) in [5.74, 6) is 0.922. The third-order valence-electron chi connectivity index (χ3n) is 3.29. The van der Waals surface area contributed by atoms with Gasteiger partial charge in [-0.05, 0) is 49.2 Å². The summed E-state index contributed by atoms with van der Waals surface area (Å²) in [5.41, 5.74) is 1.81. The van der Waals surface area contributed by atoms with E-state index in [0.717, 1.165) is 11.1 Å². The lowest BCUT2D eigenvalue weighted by Crippen LogP contribution is -2.35. The van der Waals surface area contributed by atoms with E-state index in [4.69, 9.17) is 21.1 Å². The van der Waals surface area contributed by atoms with Crippen LogP contribution in [-0.2, 0) is 11.3 Å². The highest BCUT2D eigenvalue weighted by atomic mass is 35.5. The Bertz CT molecular complexity index is 691. The lowest BCUT2D eigenvalue weighted by Gasteiger charge is -2.15. The highest BCUT2D eigenvalue weighted by Crippen LogP contribution is 2.21. The number of rotatable bonds is 6. The van der Waals surface area contributed by atoms with Crippen molar-refractivity contribution in [1.82, 2.24) is 10.3 Å². The number of nitrogens with zero attached hydrogens (tertiary/aromatic N) is 1. The molecule has 0 bridgehead atoms. The van der Waals surface area contributed by atoms with Crippen molar-refractivity contribution >= 4 is 17.5 Å². The molecule has 0 unspecified atom stereocenters. The number of ether oxygens (including phenoxy) is 2. The number of aromatic nitrogens is 1. The molecule has 0 fully saturated rings. The molecule has 0 saturated heterocycles. The maximum atomic E-state index is 12.1. The second kappa shape index (κ2) is 7.83. The summed E-state index contributed by atoms with van der Waals surface area (Å²) in [4.78, 5) is 16.1. The Kier molecular flexibility index (Phi) is 5.82. The van der Waals surface area contributed by atoms with Gasteiger partial charge in [-0.3, -0.25) is 4.79 Å². The van der Waals surface area contributed by atoms with Crippen molar-refractivity contribution in [3.63, 3.8) is 0 Å². The van der Waals surface area contributed by atoms with Gasteiger partial charge in [-0.15, -0.1) is 0 Å². The molecule has 1 atom stereocenters. The molecule has 0 aliphatic rings. The minimum Gasteiger partial charge on any atom is -0.481 e. The number of hydrogen-bond acceptors (Lipinski definition) is 4. The Morgan fingerprint density at radius 3 is 2.83 bits per heavy atom. The quantitative estimate of drug-likeness (QED) is 0.881. The smallest absolute Gasteiger partial charge is 0.261 e. The molecule has 1 aromatic carbocycles. The van der Waals surface area contributed by atoms with Gasteiger partial charge in [0.05, 0.1) is 7.11 Å². The van der Waals surface area contributed by atoms with Crippen LogP contribution in [0, 0.1) is 6.92 Å². The summed E-state index contributed by atoms with van der Waals surface area (Å²) in [5, 5.41) is 3.49. The Morgan fingerprint density at radius 2 is 2.13 bits per heavy atom. The van der Waals surface area contributed by atoms with Crippen LogP contribution >= 0.6 is 11.6 Å². The highest BCUT2D eigenvalue weighted by molar-refractivity contribution is 6.31. The van der Waals surface area contributed by atoms with Crippen LogP contribution in [0.3, 0.4) is 0 Å². The zero-order chi connectivity index (χ0) is 16.8. The second-order valence-electron chi connectivity index (χ2n) is 5.10. The Hall–Kier alpha value is -2.27. The van der Waals surface area contributed by atoms with E-state index in [1.165, 1.54) is 0 Å². The zero-order valence-electron chi connectivity index (χ0n) is 13.3. The first kappa shape index (κ1) is 17.1. The van der Waals surface area contributed by atoms with Crippen LogP contribution in [0.15, 0.2) is 36.5 Å². The second-order valence-corrected chi connectivity index (χ2v) is 5.50. The standard InChI is InChI=1S/C17H19ClN2O3/c1-11-8-14(4-5-15(11)18)23-12(2)17(21)20-10-13-6-7-19-16(9-13)22-3/h4-9,12H,10H2,1-3H3,(H,20,21)/t12-/m0/s1. The number of pyridine rings is 1. The largest absolute Gasteiger partial charge is 0.481 e. The number of halogens is 1. The van der Waals surface area contributed by atoms with Gasteiger partial charge < -0.3 is 14.8 Å². The molecule has 0 spiro atoms. The van der Waals surface area contributed by atoms with Gasteiger partial charge in [-0.2, -0.15) is 0 Å². The van der Waals surface area contributed by atoms with Crippen LogP contribution in [0.4, 0.5) is 0 Å². The molecule has 6 heteroatoms. The van der Waals surface area contributed by atoms with Crippen molar-refractivity contribution in [3.05, 3.63) is 52.7 Å². The van der Waals surface area contributed by atoms with Crippen LogP contribution in [0.5, 0.6) is 11.6 Å². The number of methoxy groups -OCH3 is 1. The van der Waals surface area contributed by atoms with Gasteiger partial charge in [0.15, 0.2) is 6.10 Å². The summed E-state index contributed by atoms with van der Waals surface area (Å²) < 4.78 is 10.7. The molecule has 5 nitrogen and oxygen atoms in total. The first-order valence-corrected chi connectivity index (χ1v) is 7.57. The summed E-state index contributed by atoms with van der Waals surface area (Å²) in [6, 6.07) is 8.89. The van der Waals surface area contributed by atoms with Gasteiger partial charge in [0, 0.05) is 23.8 Å². The third kappa shape index (κ3) is 4.86. The Morgan fingerprint density at radius 1 is 1.35 bits per heavy atom. The molecule has 0 aliphatic heterocycles. The summed E-state index contributed by atoms with van der Waals surface area (Å²) in [6.45, 7) is 3.97. The van der Waals surface area contributed by atoms with E-state index in [9.17, 15) is 4.79 Å². The molecule has 1 amide bonds. The minimum absolute atomic E-state index is 0.201. The molecule has 1 N–H and O–H groups in total. The predicted octanol–water partition coefficient (Wildman–Crippen LogP) is 3.14. The molecule has 0 radical (unpaired) electrons. The number of hydrogen-bond donors (Lipinski definition) is 1. The molecule has 122 valence electrons. The van der Waals surface area contributed by atoms with Gasteiger partial charge >= 0.3 is 0 Å². The molecule has 2 rings (SSSR count). The fourth-order valence-corrected chi connectivity index (χ4v) is 2.07. The SMILES string of the molecule is COc1cc(CNC(=O)[C@H](C)Oc2ccc(Cl)c(C)c2)ccn1. The van der Waals surface area contributed by atoms with Crippen LogP contribution < -0.4 is 14.8 Å². The molecule has 1 heterocycles. The fourth-order valence-electron chi connectivity index (χ4n) is 1.95. The van der Waals surface area contributed by atoms with Crippen molar-refractivity contribution in [2.45, 2.75) is 26.5 Å². The number of benzene rings is 1. The number of carbonyl (C=O) groups is 1. The van der Waals surface area contributed by atoms with E-state index in [1.54, 1.807) is 44.5 Å². The van der Waals surface area contributed by atoms with Crippen molar-refractivity contribution < 1.29 is 14.3 Å². The van der Waals surface area contributed by atoms with Gasteiger partial charge in [-0.1, -0.05) is 11.6 Å². The van der Waals surface area contributed by atoms with Gasteiger partial charge in [0.25, 0.3) is 5.91 Å². The van der Waals surface area contributed by atoms with Crippen molar-refractivity contribution in [2.75, 3.05) is 7.11 Å². The molecule has 0 saturated carbocycles. The lowest BCUT2D eigenvalue weighted by molar-refractivity contribution is -0.127. The number of amides is 1. The average molecular weight is 335 g/mol. The van der Waals surface area contributed by atoms with Crippen LogP contribution in [0.1, 0.15) is 18.1 Å². The maximum Gasteiger partial charge on any atom is 0.261 e. The van der Waals surface area contributed by atoms with Crippen molar-refractivity contribution in [2.24, 2.45) is 0 Å². The molecular weight excluding hydrogens is 316 g/mol. The van der Waals surface area contributed by atoms with Gasteiger partial charge in [0.2, 0.25) is 5.88 Å². The molecule has 2 aromatic rings. The Labute approximate surface area is 140 Å². The maximum absolute atomic E-state index is 12.1. The number of nitrogens with one attached hydrogen (secondary N) is 1. The van der Waals surface area contributed by atoms with E-state index >= 15 is 0 Å². The van der Waals surface area contributed by atoms with E-state index in [-0.39, 0.29) is 5.91 Å². The summed E-state index contributed by atoms with van der Waals surface area (Å²) >= 11 is 5.97. The normalized spacial score (nSPS) is 11.7.